The summed E-state index contributed by atoms with van der Waals surface area (Å²) in [4.78, 5) is 27.3. The Morgan fingerprint density at radius 1 is 1.07 bits per heavy atom. The maximum Gasteiger partial charge on any atom is 0.253 e. The van der Waals surface area contributed by atoms with E-state index in [0.29, 0.717) is 52.3 Å². The van der Waals surface area contributed by atoms with Gasteiger partial charge < -0.3 is 19.7 Å². The quantitative estimate of drug-likeness (QED) is 0.748. The molecule has 1 aliphatic rings. The van der Waals surface area contributed by atoms with Crippen molar-refractivity contribution in [2.24, 2.45) is 5.92 Å². The molecule has 0 aromatic heterocycles. The third kappa shape index (κ3) is 4.95. The van der Waals surface area contributed by atoms with Crippen molar-refractivity contribution in [3.63, 3.8) is 0 Å². The first-order valence-electron chi connectivity index (χ1n) is 9.20. The largest absolute Gasteiger partial charge is 0.493 e. The average molecular weight is 437 g/mol. The molecule has 0 bridgehead atoms. The summed E-state index contributed by atoms with van der Waals surface area (Å²) in [6.45, 7) is 0.959. The van der Waals surface area contributed by atoms with Crippen LogP contribution in [-0.2, 0) is 4.79 Å². The van der Waals surface area contributed by atoms with Crippen molar-refractivity contribution in [1.29, 1.82) is 0 Å². The van der Waals surface area contributed by atoms with E-state index in [9.17, 15) is 9.59 Å². The molecule has 29 heavy (non-hydrogen) atoms. The van der Waals surface area contributed by atoms with Crippen LogP contribution in [0, 0.1) is 5.92 Å². The lowest BCUT2D eigenvalue weighted by molar-refractivity contribution is -0.121. The average Bonchev–Trinajstić information content (AvgIpc) is 2.74. The number of carbonyl (C=O) groups excluding carboxylic acids is 2. The highest BCUT2D eigenvalue weighted by atomic mass is 35.5. The number of hydrogen-bond acceptors (Lipinski definition) is 4. The summed E-state index contributed by atoms with van der Waals surface area (Å²) in [7, 11) is 3.03. The monoisotopic (exact) mass is 436 g/mol. The predicted octanol–water partition coefficient (Wildman–Crippen LogP) is 4.50. The summed E-state index contributed by atoms with van der Waals surface area (Å²) in [5.41, 5.74) is 0.994. The van der Waals surface area contributed by atoms with Gasteiger partial charge in [-0.3, -0.25) is 9.59 Å². The van der Waals surface area contributed by atoms with Crippen LogP contribution in [0.2, 0.25) is 10.0 Å². The number of nitrogens with zero attached hydrogens (tertiary/aromatic N) is 1. The van der Waals surface area contributed by atoms with Gasteiger partial charge in [0.05, 0.1) is 30.8 Å². The molecular formula is C21H22Cl2N2O4. The molecule has 1 saturated heterocycles. The van der Waals surface area contributed by atoms with E-state index in [0.717, 1.165) is 6.42 Å². The fourth-order valence-corrected chi connectivity index (χ4v) is 3.66. The molecule has 1 heterocycles. The predicted molar refractivity (Wildman–Crippen MR) is 113 cm³/mol. The van der Waals surface area contributed by atoms with Crippen molar-refractivity contribution < 1.29 is 19.1 Å². The molecule has 2 aromatic carbocycles. The van der Waals surface area contributed by atoms with Gasteiger partial charge in [0.25, 0.3) is 5.91 Å². The molecule has 8 heteroatoms. The fraction of sp³-hybridized carbons (Fsp3) is 0.333. The van der Waals surface area contributed by atoms with Gasteiger partial charge >= 0.3 is 0 Å². The Morgan fingerprint density at radius 2 is 1.72 bits per heavy atom. The Kier molecular flexibility index (Phi) is 6.87. The fourth-order valence-electron chi connectivity index (χ4n) is 3.34. The Labute approximate surface area is 179 Å². The molecule has 2 amide bonds. The van der Waals surface area contributed by atoms with Crippen molar-refractivity contribution in [1.82, 2.24) is 4.90 Å². The third-order valence-electron chi connectivity index (χ3n) is 4.90. The van der Waals surface area contributed by atoms with E-state index in [1.54, 1.807) is 41.3 Å². The molecule has 0 saturated carbocycles. The highest BCUT2D eigenvalue weighted by Crippen LogP contribution is 2.36. The molecule has 6 nitrogen and oxygen atoms in total. The summed E-state index contributed by atoms with van der Waals surface area (Å²) in [6, 6.07) is 9.96. The summed E-state index contributed by atoms with van der Waals surface area (Å²) >= 11 is 12.2. The summed E-state index contributed by atoms with van der Waals surface area (Å²) in [5.74, 6) is 0.323. The number of likely N-dealkylation sites (tertiary alicyclic amines) is 1. The minimum absolute atomic E-state index is 0.108. The smallest absolute Gasteiger partial charge is 0.253 e. The molecule has 0 spiro atoms. The normalized spacial score (nSPS) is 16.3. The Hall–Kier alpha value is -2.44. The van der Waals surface area contributed by atoms with E-state index in [1.807, 2.05) is 0 Å². The number of anilines is 1. The number of halogens is 2. The van der Waals surface area contributed by atoms with Crippen LogP contribution in [0.4, 0.5) is 5.69 Å². The lowest BCUT2D eigenvalue weighted by Crippen LogP contribution is -2.43. The highest BCUT2D eigenvalue weighted by Gasteiger charge is 2.29. The van der Waals surface area contributed by atoms with Crippen LogP contribution in [0.5, 0.6) is 11.5 Å². The second-order valence-corrected chi connectivity index (χ2v) is 7.62. The van der Waals surface area contributed by atoms with Gasteiger partial charge in [0, 0.05) is 35.8 Å². The van der Waals surface area contributed by atoms with E-state index in [4.69, 9.17) is 32.7 Å². The highest BCUT2D eigenvalue weighted by molar-refractivity contribution is 6.34. The third-order valence-corrected chi connectivity index (χ3v) is 5.47. The van der Waals surface area contributed by atoms with Gasteiger partial charge in [-0.05, 0) is 37.1 Å². The number of hydrogen-bond donors (Lipinski definition) is 1. The molecule has 154 valence electrons. The second kappa shape index (κ2) is 9.37. The van der Waals surface area contributed by atoms with Gasteiger partial charge in [-0.2, -0.15) is 0 Å². The number of carbonyl (C=O) groups is 2. The minimum atomic E-state index is -0.329. The van der Waals surface area contributed by atoms with E-state index in [-0.39, 0.29) is 17.7 Å². The Balaban J connectivity index is 1.70. The molecule has 1 aliphatic heterocycles. The first kappa shape index (κ1) is 21.3. The standard InChI is InChI=1S/C21H22Cl2N2O4/c1-28-18-10-16(23)17(11-19(18)29-2)24-20(26)14-4-3-9-25(12-14)21(27)13-5-7-15(22)8-6-13/h5-8,10-11,14H,3-4,9,12H2,1-2H3,(H,24,26)/t14-/m1/s1. The van der Waals surface area contributed by atoms with Crippen LogP contribution < -0.4 is 14.8 Å². The van der Waals surface area contributed by atoms with Crippen molar-refractivity contribution in [2.45, 2.75) is 12.8 Å². The van der Waals surface area contributed by atoms with Crippen molar-refractivity contribution >= 4 is 40.7 Å². The first-order chi connectivity index (χ1) is 13.9. The van der Waals surface area contributed by atoms with Gasteiger partial charge in [-0.1, -0.05) is 23.2 Å². The van der Waals surface area contributed by atoms with E-state index in [2.05, 4.69) is 5.32 Å². The molecule has 1 fully saturated rings. The van der Waals surface area contributed by atoms with Gasteiger partial charge in [-0.25, -0.2) is 0 Å². The van der Waals surface area contributed by atoms with Crippen LogP contribution in [0.3, 0.4) is 0 Å². The minimum Gasteiger partial charge on any atom is -0.493 e. The number of rotatable bonds is 5. The van der Waals surface area contributed by atoms with E-state index < -0.39 is 0 Å². The van der Waals surface area contributed by atoms with Crippen molar-refractivity contribution in [3.05, 3.63) is 52.0 Å². The van der Waals surface area contributed by atoms with Crippen LogP contribution >= 0.6 is 23.2 Å². The van der Waals surface area contributed by atoms with Crippen LogP contribution in [0.15, 0.2) is 36.4 Å². The summed E-state index contributed by atoms with van der Waals surface area (Å²) in [6.07, 6.45) is 1.44. The van der Waals surface area contributed by atoms with Gasteiger partial charge in [0.2, 0.25) is 5.91 Å². The number of amides is 2. The number of piperidine rings is 1. The topological polar surface area (TPSA) is 67.9 Å². The van der Waals surface area contributed by atoms with Gasteiger partial charge in [0.15, 0.2) is 11.5 Å². The van der Waals surface area contributed by atoms with Gasteiger partial charge in [-0.15, -0.1) is 0 Å². The second-order valence-electron chi connectivity index (χ2n) is 6.77. The van der Waals surface area contributed by atoms with Crippen molar-refractivity contribution in [3.8, 4) is 11.5 Å². The number of benzene rings is 2. The molecule has 1 N–H and O–H groups in total. The number of ether oxygens (including phenoxy) is 2. The Morgan fingerprint density at radius 3 is 2.38 bits per heavy atom. The molecule has 2 aromatic rings. The summed E-state index contributed by atoms with van der Waals surface area (Å²) < 4.78 is 10.5. The number of nitrogens with one attached hydrogen (secondary N) is 1. The summed E-state index contributed by atoms with van der Waals surface area (Å²) in [5, 5.41) is 3.77. The lowest BCUT2D eigenvalue weighted by atomic mass is 9.96. The SMILES string of the molecule is COc1cc(Cl)c(NC(=O)[C@@H]2CCCN(C(=O)c3ccc(Cl)cc3)C2)cc1OC. The maximum absolute atomic E-state index is 12.8. The molecule has 0 radical (unpaired) electrons. The zero-order valence-corrected chi connectivity index (χ0v) is 17.7. The lowest BCUT2D eigenvalue weighted by Gasteiger charge is -2.32. The van der Waals surface area contributed by atoms with Crippen LogP contribution in [0.25, 0.3) is 0 Å². The first-order valence-corrected chi connectivity index (χ1v) is 9.95. The molecule has 1 atom stereocenters. The van der Waals surface area contributed by atoms with Crippen molar-refractivity contribution in [2.75, 3.05) is 32.6 Å². The Bertz CT molecular complexity index is 902. The van der Waals surface area contributed by atoms with Gasteiger partial charge in [0.1, 0.15) is 0 Å². The number of methoxy groups -OCH3 is 2. The molecule has 0 unspecified atom stereocenters. The molecule has 0 aliphatic carbocycles. The van der Waals surface area contributed by atoms with Crippen LogP contribution in [0.1, 0.15) is 23.2 Å². The zero-order valence-electron chi connectivity index (χ0n) is 16.2. The zero-order chi connectivity index (χ0) is 21.0. The molecule has 3 rings (SSSR count). The molecular weight excluding hydrogens is 415 g/mol. The van der Waals surface area contributed by atoms with E-state index >= 15 is 0 Å². The van der Waals surface area contributed by atoms with Crippen LogP contribution in [-0.4, -0.2) is 44.0 Å². The van der Waals surface area contributed by atoms with E-state index in [1.165, 1.54) is 14.2 Å². The maximum atomic E-state index is 12.8.